The van der Waals surface area contributed by atoms with Crippen molar-refractivity contribution in [2.75, 3.05) is 0 Å². The molecule has 0 radical (unpaired) electrons. The molecule has 45 heavy (non-hydrogen) atoms. The number of allylic oxidation sites excluding steroid dienone is 5. The third-order valence-corrected chi connectivity index (χ3v) is 8.30. The molecule has 5 heterocycles. The average Bonchev–Trinajstić information content (AvgIpc) is 3.64. The summed E-state index contributed by atoms with van der Waals surface area (Å²) in [6, 6.07) is 7.77. The van der Waals surface area contributed by atoms with E-state index < -0.39 is 11.9 Å². The van der Waals surface area contributed by atoms with Gasteiger partial charge in [-0.05, 0) is 69.7 Å². The summed E-state index contributed by atoms with van der Waals surface area (Å²) in [5.41, 5.74) is 13.4. The Bertz CT molecular complexity index is 1910. The fraction of sp³-hybridized carbons (Fsp3) is 0.294. The number of carboxylic acids is 2. The van der Waals surface area contributed by atoms with Crippen molar-refractivity contribution in [1.29, 1.82) is 0 Å². The fourth-order valence-corrected chi connectivity index (χ4v) is 5.83. The van der Waals surface area contributed by atoms with E-state index in [9.17, 15) is 19.8 Å². The number of rotatable bonds is 8. The molecule has 3 N–H and O–H groups in total. The third-order valence-electron chi connectivity index (χ3n) is 8.30. The molecule has 0 aromatic carbocycles. The summed E-state index contributed by atoms with van der Waals surface area (Å²) < 4.78 is 0. The molecule has 234 valence electrons. The molecule has 0 fully saturated rings. The van der Waals surface area contributed by atoms with Gasteiger partial charge in [0, 0.05) is 23.4 Å². The van der Waals surface area contributed by atoms with Crippen LogP contribution in [0.1, 0.15) is 85.1 Å². The Kier molecular flexibility index (Phi) is 11.2. The molecule has 0 spiro atoms. The first-order valence-electron chi connectivity index (χ1n) is 14.3. The molecule has 0 atom stereocenters. The van der Waals surface area contributed by atoms with Crippen molar-refractivity contribution < 1.29 is 41.8 Å². The average molecular weight is 652 g/mol. The van der Waals surface area contributed by atoms with Gasteiger partial charge in [-0.25, -0.2) is 9.97 Å². The van der Waals surface area contributed by atoms with Crippen molar-refractivity contribution in [2.24, 2.45) is 0 Å². The first-order valence-corrected chi connectivity index (χ1v) is 14.3. The number of aromatic nitrogens is 4. The summed E-state index contributed by atoms with van der Waals surface area (Å²) in [5.74, 6) is -1.78. The number of aryl methyl sites for hydroxylation is 4. The Morgan fingerprint density at radius 2 is 1.22 bits per heavy atom. The standard InChI is InChI=1S/C34H36N4O4.Fe.O2/c1-7-21-17(3)25-13-26-19(5)23(9-11-33(39)40)31(37-26)16-32-24(10-12-34(41)42)20(6)28(38-32)15-30-22(8-2)18(4)27(36-30)14-29(21)35-25;;1-2/h8,13-16H,2,7,9-12H2,1,3-6H3,(H4,35,36,37,38,39,40,41,42);;/q;+2;/p-1. The second-order valence-corrected chi connectivity index (χ2v) is 10.8. The van der Waals surface area contributed by atoms with Gasteiger partial charge >= 0.3 is 29.0 Å². The topological polar surface area (TPSA) is 167 Å². The molecule has 0 saturated heterocycles. The minimum atomic E-state index is -0.891. The zero-order chi connectivity index (χ0) is 32.3. The van der Waals surface area contributed by atoms with E-state index in [4.69, 9.17) is 29.9 Å². The van der Waals surface area contributed by atoms with Crippen molar-refractivity contribution in [3.63, 3.8) is 0 Å². The van der Waals surface area contributed by atoms with Gasteiger partial charge in [-0.3, -0.25) is 9.59 Å². The van der Waals surface area contributed by atoms with Crippen molar-refractivity contribution in [3.05, 3.63) is 86.9 Å². The molecule has 5 rings (SSSR count). The van der Waals surface area contributed by atoms with Gasteiger partial charge in [0.25, 0.3) is 0 Å². The summed E-state index contributed by atoms with van der Waals surface area (Å²) in [6.45, 7) is 14.1. The van der Waals surface area contributed by atoms with E-state index in [1.807, 2.05) is 45.0 Å². The minimum absolute atomic E-state index is 0. The van der Waals surface area contributed by atoms with Crippen LogP contribution in [0.25, 0.3) is 44.4 Å². The van der Waals surface area contributed by atoms with Gasteiger partial charge in [-0.15, -0.1) is 22.1 Å². The van der Waals surface area contributed by atoms with Crippen molar-refractivity contribution in [3.8, 4) is 0 Å². The normalized spacial score (nSPS) is 12.4. The third kappa shape index (κ3) is 6.90. The summed E-state index contributed by atoms with van der Waals surface area (Å²) in [4.78, 5) is 55.9. The maximum absolute atomic E-state index is 11.5. The molecular weight excluding hydrogens is 616 g/mol. The van der Waals surface area contributed by atoms with E-state index >= 15 is 0 Å². The van der Waals surface area contributed by atoms with E-state index in [1.165, 1.54) is 0 Å². The van der Waals surface area contributed by atoms with Gasteiger partial charge in [0.15, 0.2) is 0 Å². The second-order valence-electron chi connectivity index (χ2n) is 10.8. The van der Waals surface area contributed by atoms with Crippen LogP contribution in [-0.2, 0) is 39.5 Å². The molecule has 0 aliphatic carbocycles. The summed E-state index contributed by atoms with van der Waals surface area (Å²) >= 11 is 0. The smallest absolute Gasteiger partial charge is 0.657 e. The van der Waals surface area contributed by atoms with Crippen molar-refractivity contribution in [1.82, 2.24) is 19.9 Å². The summed E-state index contributed by atoms with van der Waals surface area (Å²) in [6.07, 6.45) is 3.14. The van der Waals surface area contributed by atoms with E-state index in [0.29, 0.717) is 29.4 Å². The predicted molar refractivity (Wildman–Crippen MR) is 171 cm³/mol. The first-order chi connectivity index (χ1) is 21.0. The van der Waals surface area contributed by atoms with Gasteiger partial charge in [-0.2, -0.15) is 0 Å². The van der Waals surface area contributed by atoms with Gasteiger partial charge in [0.05, 0.1) is 22.8 Å². The molecule has 0 amide bonds. The number of hydrogen-bond donors (Lipinski definition) is 2. The van der Waals surface area contributed by atoms with Crippen LogP contribution in [-0.4, -0.2) is 37.1 Å². The maximum atomic E-state index is 11.5. The molecule has 0 unspecified atom stereocenters. The monoisotopic (exact) mass is 651 g/mol. The maximum Gasteiger partial charge on any atom is 2.00 e. The molecule has 3 aromatic heterocycles. The number of fused-ring (bicyclic) bond motifs is 8. The zero-order valence-corrected chi connectivity index (χ0v) is 26.9. The van der Waals surface area contributed by atoms with Gasteiger partial charge < -0.3 is 20.2 Å². The van der Waals surface area contributed by atoms with Crippen LogP contribution in [0.3, 0.4) is 0 Å². The molecule has 8 bridgehead atoms. The number of carbonyl (C=O) groups is 2. The van der Waals surface area contributed by atoms with Crippen molar-refractivity contribution in [2.45, 2.75) is 66.7 Å². The summed E-state index contributed by atoms with van der Waals surface area (Å²) in [5, 5.41) is 18.9. The molecule has 2 aliphatic rings. The minimum Gasteiger partial charge on any atom is -0.657 e. The summed E-state index contributed by atoms with van der Waals surface area (Å²) in [7, 11) is 0. The van der Waals surface area contributed by atoms with Crippen molar-refractivity contribution >= 4 is 56.3 Å². The predicted octanol–water partition coefficient (Wildman–Crippen LogP) is 6.54. The number of aliphatic carboxylic acids is 2. The number of hydrogen-bond acceptors (Lipinski definition) is 5. The Morgan fingerprint density at radius 1 is 0.756 bits per heavy atom. The van der Waals surface area contributed by atoms with Gasteiger partial charge in [0.1, 0.15) is 0 Å². The van der Waals surface area contributed by atoms with Crippen LogP contribution in [0.2, 0.25) is 0 Å². The first kappa shape index (κ1) is 34.9. The Hall–Kier alpha value is -4.60. The van der Waals surface area contributed by atoms with E-state index in [-0.39, 0.29) is 29.9 Å². The molecule has 2 aliphatic heterocycles. The van der Waals surface area contributed by atoms with Crippen LogP contribution in [0.5, 0.6) is 0 Å². The number of carboxylic acid groups (broad SMARTS) is 2. The Labute approximate surface area is 271 Å². The van der Waals surface area contributed by atoms with Crippen LogP contribution in [0.15, 0.2) is 36.9 Å². The quantitative estimate of drug-likeness (QED) is 0.203. The molecule has 0 saturated carbocycles. The zero-order valence-electron chi connectivity index (χ0n) is 25.8. The van der Waals surface area contributed by atoms with Crippen LogP contribution >= 0.6 is 0 Å². The SMILES string of the molecule is C=CC1=C(C)c2cc3nc(cc4[n-]c(cc5[n-]c(cc1n2)c(C)c5CCC(=O)O)c(CCC(=O)O)c4C)C(C)=C3CC.O=[OH+].[Fe+2]. The van der Waals surface area contributed by atoms with Crippen LogP contribution < -0.4 is 9.97 Å². The number of nitrogens with zero attached hydrogens (tertiary/aromatic N) is 4. The fourth-order valence-electron chi connectivity index (χ4n) is 5.83. The second kappa shape index (κ2) is 14.5. The molecule has 3 aromatic rings. The Morgan fingerprint density at radius 3 is 1.69 bits per heavy atom. The van der Waals surface area contributed by atoms with E-state index in [2.05, 4.69) is 20.4 Å². The molecule has 10 nitrogen and oxygen atoms in total. The van der Waals surface area contributed by atoms with Crippen LogP contribution in [0, 0.1) is 18.8 Å². The molecule has 11 heteroatoms. The largest absolute Gasteiger partial charge is 2.00 e. The van der Waals surface area contributed by atoms with E-state index in [0.717, 1.165) is 79.3 Å². The van der Waals surface area contributed by atoms with Crippen LogP contribution in [0.4, 0.5) is 0 Å². The van der Waals surface area contributed by atoms with E-state index in [1.54, 1.807) is 6.08 Å². The van der Waals surface area contributed by atoms with Gasteiger partial charge in [0.2, 0.25) is 4.96 Å². The molecular formula is C34H35FeN4O6+. The Balaban J connectivity index is 0.00000180. The van der Waals surface area contributed by atoms with Gasteiger partial charge in [-0.1, -0.05) is 60.0 Å².